The summed E-state index contributed by atoms with van der Waals surface area (Å²) in [7, 11) is 0. The summed E-state index contributed by atoms with van der Waals surface area (Å²) in [6.07, 6.45) is 4.23. The van der Waals surface area contributed by atoms with E-state index in [4.69, 9.17) is 4.74 Å². The van der Waals surface area contributed by atoms with E-state index < -0.39 is 29.5 Å². The molecule has 7 heteroatoms. The molecule has 2 heterocycles. The fraction of sp³-hybridized carbons (Fsp3) is 0.741. The Morgan fingerprint density at radius 1 is 1.18 bits per heavy atom. The smallest absolute Gasteiger partial charge is 0.309 e. The predicted octanol–water partition coefficient (Wildman–Crippen LogP) is 4.96. The van der Waals surface area contributed by atoms with Crippen molar-refractivity contribution in [3.8, 4) is 0 Å². The molecule has 2 N–H and O–H groups in total. The number of aryl methyl sites for hydroxylation is 1. The van der Waals surface area contributed by atoms with Gasteiger partial charge in [-0.15, -0.1) is 11.3 Å². The minimum atomic E-state index is -1.19. The Hall–Kier alpha value is -1.57. The number of nitrogens with zero attached hydrogens (tertiary/aromatic N) is 1. The van der Waals surface area contributed by atoms with E-state index in [9.17, 15) is 19.8 Å². The van der Waals surface area contributed by atoms with E-state index in [0.717, 1.165) is 48.4 Å². The van der Waals surface area contributed by atoms with Crippen molar-refractivity contribution in [3.05, 3.63) is 21.7 Å². The largest absolute Gasteiger partial charge is 0.458 e. The van der Waals surface area contributed by atoms with Crippen LogP contribution in [0.3, 0.4) is 0 Å². The number of hydrogen-bond acceptors (Lipinski definition) is 7. The van der Waals surface area contributed by atoms with Gasteiger partial charge in [-0.25, -0.2) is 4.98 Å². The summed E-state index contributed by atoms with van der Waals surface area (Å²) in [6, 6.07) is 0. The van der Waals surface area contributed by atoms with Gasteiger partial charge in [0.25, 0.3) is 0 Å². The SMILES string of the molecule is C/C(=C\c1csc(C)n1)[C@@H]1C[C@@H]2C[C@H]2CCC[C@H](C)C(O)[C@@H](C)C(=O)C(C)(C)[C@@H](O)CC(=O)O1. The quantitative estimate of drug-likeness (QED) is 0.568. The molecule has 0 spiro atoms. The number of aliphatic hydroxyl groups is 2. The average Bonchev–Trinajstić information content (AvgIpc) is 3.38. The monoisotopic (exact) mass is 491 g/mol. The maximum Gasteiger partial charge on any atom is 0.309 e. The first-order valence-electron chi connectivity index (χ1n) is 12.6. The van der Waals surface area contributed by atoms with Gasteiger partial charge in [-0.1, -0.05) is 40.5 Å². The summed E-state index contributed by atoms with van der Waals surface area (Å²) >= 11 is 1.58. The maximum absolute atomic E-state index is 13.2. The number of ketones is 1. The highest BCUT2D eigenvalue weighted by Crippen LogP contribution is 2.47. The molecule has 3 rings (SSSR count). The van der Waals surface area contributed by atoms with E-state index in [1.807, 2.05) is 32.2 Å². The number of aromatic nitrogens is 1. The van der Waals surface area contributed by atoms with Crippen LogP contribution < -0.4 is 0 Å². The lowest BCUT2D eigenvalue weighted by Gasteiger charge is -2.34. The van der Waals surface area contributed by atoms with Gasteiger partial charge in [0.1, 0.15) is 11.9 Å². The summed E-state index contributed by atoms with van der Waals surface area (Å²) in [4.78, 5) is 30.6. The number of carbonyl (C=O) groups excluding carboxylic acids is 2. The molecule has 0 amide bonds. The van der Waals surface area contributed by atoms with Crippen molar-refractivity contribution in [1.29, 1.82) is 0 Å². The zero-order chi connectivity index (χ0) is 25.2. The molecule has 6 nitrogen and oxygen atoms in total. The van der Waals surface area contributed by atoms with Gasteiger partial charge >= 0.3 is 5.97 Å². The molecule has 7 atom stereocenters. The molecule has 34 heavy (non-hydrogen) atoms. The van der Waals surface area contributed by atoms with Crippen LogP contribution in [-0.4, -0.2) is 45.3 Å². The van der Waals surface area contributed by atoms with Gasteiger partial charge in [0.05, 0.1) is 34.7 Å². The molecule has 1 aliphatic carbocycles. The van der Waals surface area contributed by atoms with Crippen molar-refractivity contribution < 1.29 is 24.5 Å². The van der Waals surface area contributed by atoms with Crippen molar-refractivity contribution in [3.63, 3.8) is 0 Å². The normalized spacial score (nSPS) is 36.0. The van der Waals surface area contributed by atoms with Gasteiger partial charge in [0, 0.05) is 11.3 Å². The Morgan fingerprint density at radius 3 is 2.53 bits per heavy atom. The van der Waals surface area contributed by atoms with Gasteiger partial charge in [0.2, 0.25) is 0 Å². The zero-order valence-corrected chi connectivity index (χ0v) is 22.2. The summed E-state index contributed by atoms with van der Waals surface area (Å²) in [5.74, 6) is -0.234. The fourth-order valence-corrected chi connectivity index (χ4v) is 5.79. The van der Waals surface area contributed by atoms with Crippen molar-refractivity contribution in [2.45, 2.75) is 98.4 Å². The Bertz CT molecular complexity index is 907. The second-order valence-corrected chi connectivity index (χ2v) is 12.2. The van der Waals surface area contributed by atoms with Crippen LogP contribution in [0.25, 0.3) is 6.08 Å². The molecule has 0 bridgehead atoms. The van der Waals surface area contributed by atoms with E-state index in [-0.39, 0.29) is 24.2 Å². The third-order valence-electron chi connectivity index (χ3n) is 7.95. The minimum absolute atomic E-state index is 0.00135. The predicted molar refractivity (Wildman–Crippen MR) is 134 cm³/mol. The number of fused-ring (bicyclic) bond motifs is 1. The van der Waals surface area contributed by atoms with Crippen LogP contribution in [0.5, 0.6) is 0 Å². The first-order chi connectivity index (χ1) is 15.9. The Labute approximate surface area is 207 Å². The van der Waals surface area contributed by atoms with Gasteiger partial charge in [-0.05, 0) is 62.5 Å². The van der Waals surface area contributed by atoms with Crippen LogP contribution in [0.4, 0.5) is 0 Å². The topological polar surface area (TPSA) is 96.7 Å². The standard InChI is InChI=1S/C27H41NO5S/c1-15-8-7-9-19-11-20(19)12-22(16(2)10-21-14-34-18(4)28-21)33-24(30)13-23(29)27(5,6)26(32)17(3)25(15)31/h10,14-15,17,19-20,22-23,25,29,31H,7-9,11-13H2,1-6H3/b16-10+/t15-,17+,19+,20-,22-,23-,25?/m0/s1. The number of thiazole rings is 1. The third kappa shape index (κ3) is 6.55. The number of carbonyl (C=O) groups is 2. The van der Waals surface area contributed by atoms with E-state index in [0.29, 0.717) is 11.8 Å². The van der Waals surface area contributed by atoms with E-state index in [1.165, 1.54) is 0 Å². The van der Waals surface area contributed by atoms with Gasteiger partial charge in [0.15, 0.2) is 0 Å². The molecule has 1 aliphatic heterocycles. The molecule has 1 aromatic rings. The summed E-state index contributed by atoms with van der Waals surface area (Å²) < 4.78 is 5.90. The zero-order valence-electron chi connectivity index (χ0n) is 21.4. The average molecular weight is 492 g/mol. The molecule has 1 saturated heterocycles. The van der Waals surface area contributed by atoms with E-state index in [1.54, 1.807) is 32.1 Å². The molecule has 0 aromatic carbocycles. The van der Waals surface area contributed by atoms with Crippen molar-refractivity contribution in [2.75, 3.05) is 0 Å². The number of esters is 1. The Balaban J connectivity index is 1.81. The van der Waals surface area contributed by atoms with Crippen LogP contribution in [0, 0.1) is 36.0 Å². The molecule has 2 aliphatic rings. The van der Waals surface area contributed by atoms with Crippen molar-refractivity contribution in [1.82, 2.24) is 4.98 Å². The summed E-state index contributed by atoms with van der Waals surface area (Å²) in [6.45, 7) is 10.9. The molecular formula is C27H41NO5S. The highest BCUT2D eigenvalue weighted by atomic mass is 32.1. The Kier molecular flexibility index (Phi) is 8.75. The van der Waals surface area contributed by atoms with Gasteiger partial charge in [-0.3, -0.25) is 9.59 Å². The number of cyclic esters (lactones) is 1. The highest BCUT2D eigenvalue weighted by Gasteiger charge is 2.43. The summed E-state index contributed by atoms with van der Waals surface area (Å²) in [5.41, 5.74) is 0.639. The Morgan fingerprint density at radius 2 is 1.88 bits per heavy atom. The van der Waals surface area contributed by atoms with Crippen LogP contribution in [-0.2, 0) is 14.3 Å². The van der Waals surface area contributed by atoms with E-state index in [2.05, 4.69) is 4.98 Å². The second kappa shape index (κ2) is 11.0. The minimum Gasteiger partial charge on any atom is -0.458 e. The van der Waals surface area contributed by atoms with Crippen molar-refractivity contribution in [2.24, 2.45) is 29.1 Å². The highest BCUT2D eigenvalue weighted by molar-refractivity contribution is 7.09. The molecule has 2 fully saturated rings. The maximum atomic E-state index is 13.2. The van der Waals surface area contributed by atoms with E-state index >= 15 is 0 Å². The molecule has 1 unspecified atom stereocenters. The molecule has 1 aromatic heterocycles. The lowest BCUT2D eigenvalue weighted by Crippen LogP contribution is -2.45. The lowest BCUT2D eigenvalue weighted by molar-refractivity contribution is -0.154. The van der Waals surface area contributed by atoms with Crippen LogP contribution in [0.1, 0.15) is 83.8 Å². The summed E-state index contributed by atoms with van der Waals surface area (Å²) in [5, 5.41) is 24.6. The fourth-order valence-electron chi connectivity index (χ4n) is 5.22. The first-order valence-corrected chi connectivity index (χ1v) is 13.5. The number of rotatable bonds is 2. The number of aliphatic hydroxyl groups excluding tert-OH is 2. The lowest BCUT2D eigenvalue weighted by atomic mass is 9.73. The van der Waals surface area contributed by atoms with Crippen molar-refractivity contribution >= 4 is 29.2 Å². The molecule has 190 valence electrons. The third-order valence-corrected chi connectivity index (χ3v) is 8.74. The molecule has 1 saturated carbocycles. The van der Waals surface area contributed by atoms with Gasteiger partial charge in [-0.2, -0.15) is 0 Å². The van der Waals surface area contributed by atoms with Crippen LogP contribution in [0.15, 0.2) is 11.0 Å². The second-order valence-electron chi connectivity index (χ2n) is 11.1. The number of ether oxygens (including phenoxy) is 1. The van der Waals surface area contributed by atoms with Crippen LogP contribution >= 0.6 is 11.3 Å². The molecule has 0 radical (unpaired) electrons. The van der Waals surface area contributed by atoms with Gasteiger partial charge < -0.3 is 14.9 Å². The molecular weight excluding hydrogens is 450 g/mol. The number of Topliss-reactive ketones (excluding diaryl/α,β-unsaturated/α-hetero) is 1. The van der Waals surface area contributed by atoms with Crippen LogP contribution in [0.2, 0.25) is 0 Å². The first kappa shape index (κ1) is 27.0. The number of hydrogen-bond donors (Lipinski definition) is 2.